The van der Waals surface area contributed by atoms with Gasteiger partial charge in [-0.25, -0.2) is 4.79 Å². The predicted molar refractivity (Wildman–Crippen MR) is 112 cm³/mol. The number of thiophene rings is 1. The lowest BCUT2D eigenvalue weighted by Crippen LogP contribution is -2.81. The van der Waals surface area contributed by atoms with Crippen molar-refractivity contribution < 1.29 is 38.6 Å². The van der Waals surface area contributed by atoms with Gasteiger partial charge in [0.25, 0.3) is 17.5 Å². The number of hydrogen-bond donors (Lipinski definition) is 4. The largest absolute Gasteiger partial charge is 0.480 e. The van der Waals surface area contributed by atoms with Crippen molar-refractivity contribution in [3.8, 4) is 0 Å². The second-order valence-electron chi connectivity index (χ2n) is 6.72. The third kappa shape index (κ3) is 4.56. The highest BCUT2D eigenvalue weighted by Crippen LogP contribution is 2.46. The van der Waals surface area contributed by atoms with Gasteiger partial charge in [0.1, 0.15) is 24.2 Å². The Morgan fingerprint density at radius 2 is 2.12 bits per heavy atom. The molecule has 0 spiro atoms. The number of ether oxygens (including phenoxy) is 2. The molecule has 1 saturated heterocycles. The van der Waals surface area contributed by atoms with Crippen LogP contribution < -0.4 is 16.4 Å². The van der Waals surface area contributed by atoms with Crippen molar-refractivity contribution in [2.45, 2.75) is 17.5 Å². The molecule has 0 aromatic carbocycles. The number of aliphatic carboxylic acids is 1. The Labute approximate surface area is 190 Å². The lowest BCUT2D eigenvalue weighted by atomic mass is 9.97. The monoisotopic (exact) mass is 484 g/mol. The van der Waals surface area contributed by atoms with E-state index < -0.39 is 47.4 Å². The number of carbonyl (C=O) groups excluding carboxylic acids is 4. The fourth-order valence-electron chi connectivity index (χ4n) is 3.29. The molecular weight excluding hydrogens is 464 g/mol. The van der Waals surface area contributed by atoms with Crippen LogP contribution in [0.1, 0.15) is 4.88 Å². The molecule has 12 nitrogen and oxygen atoms in total. The van der Waals surface area contributed by atoms with Crippen LogP contribution in [-0.4, -0.2) is 76.9 Å². The number of rotatable bonds is 9. The van der Waals surface area contributed by atoms with Gasteiger partial charge in [0.15, 0.2) is 0 Å². The molecule has 0 bridgehead atoms. The minimum Gasteiger partial charge on any atom is -0.480 e. The second-order valence-corrected chi connectivity index (χ2v) is 8.82. The molecule has 4 amide bonds. The van der Waals surface area contributed by atoms with Crippen LogP contribution >= 0.6 is 23.1 Å². The Balaban J connectivity index is 1.84. The Kier molecular flexibility index (Phi) is 7.06. The summed E-state index contributed by atoms with van der Waals surface area (Å²) >= 11 is 2.58. The number of methoxy groups -OCH3 is 1. The number of carbonyl (C=O) groups is 5. The van der Waals surface area contributed by atoms with E-state index in [0.717, 1.165) is 9.78 Å². The third-order valence-electron chi connectivity index (χ3n) is 4.68. The van der Waals surface area contributed by atoms with Gasteiger partial charge in [-0.2, -0.15) is 0 Å². The first kappa shape index (κ1) is 23.6. The zero-order valence-electron chi connectivity index (χ0n) is 16.8. The molecule has 1 aromatic heterocycles. The fourth-order valence-corrected chi connectivity index (χ4v) is 5.41. The number of hydrogen-bond acceptors (Lipinski definition) is 9. The number of carboxylic acid groups (broad SMARTS) is 1. The van der Waals surface area contributed by atoms with Gasteiger partial charge >= 0.3 is 12.1 Å². The molecular formula is C18H20N4O8S2. The first-order chi connectivity index (χ1) is 15.2. The summed E-state index contributed by atoms with van der Waals surface area (Å²) in [6.45, 7) is -1.04. The van der Waals surface area contributed by atoms with Crippen molar-refractivity contribution in [3.05, 3.63) is 33.7 Å². The molecule has 1 aromatic rings. The van der Waals surface area contributed by atoms with Crippen molar-refractivity contribution >= 4 is 52.9 Å². The van der Waals surface area contributed by atoms with E-state index in [-0.39, 0.29) is 30.1 Å². The van der Waals surface area contributed by atoms with Crippen molar-refractivity contribution in [3.63, 3.8) is 0 Å². The molecule has 32 heavy (non-hydrogen) atoms. The van der Waals surface area contributed by atoms with Gasteiger partial charge in [0.05, 0.1) is 6.42 Å². The number of β-lactam (4-membered cyclic amide) rings is 1. The normalized spacial score (nSPS) is 22.0. The summed E-state index contributed by atoms with van der Waals surface area (Å²) in [5.41, 5.74) is 3.39. The van der Waals surface area contributed by atoms with E-state index in [1.54, 1.807) is 12.1 Å². The first-order valence-electron chi connectivity index (χ1n) is 9.17. The van der Waals surface area contributed by atoms with Crippen molar-refractivity contribution in [1.29, 1.82) is 0 Å². The van der Waals surface area contributed by atoms with Gasteiger partial charge < -0.3 is 30.9 Å². The number of nitrogens with two attached hydrogens (primary N) is 1. The summed E-state index contributed by atoms with van der Waals surface area (Å²) in [5.74, 6) is -3.13. The molecule has 2 aliphatic heterocycles. The molecule has 172 valence electrons. The first-order valence-corrected chi connectivity index (χ1v) is 11.1. The summed E-state index contributed by atoms with van der Waals surface area (Å²) in [4.78, 5) is 62.1. The Morgan fingerprint density at radius 1 is 1.38 bits per heavy atom. The van der Waals surface area contributed by atoms with Gasteiger partial charge in [-0.15, -0.1) is 23.1 Å². The van der Waals surface area contributed by atoms with Gasteiger partial charge in [-0.1, -0.05) is 6.07 Å². The van der Waals surface area contributed by atoms with Gasteiger partial charge in [0, 0.05) is 23.3 Å². The summed E-state index contributed by atoms with van der Waals surface area (Å²) in [6.07, 6.45) is -1.02. The molecule has 0 saturated carbocycles. The molecule has 3 rings (SSSR count). The fraction of sp³-hybridized carbons (Fsp3) is 0.389. The van der Waals surface area contributed by atoms with E-state index in [0.29, 0.717) is 0 Å². The highest BCUT2D eigenvalue weighted by molar-refractivity contribution is 8.00. The Hall–Kier alpha value is -3.10. The maximum Gasteiger partial charge on any atom is 0.404 e. The number of primary amides is 1. The van der Waals surface area contributed by atoms with E-state index >= 15 is 0 Å². The molecule has 2 aliphatic rings. The summed E-state index contributed by atoms with van der Waals surface area (Å²) in [7, 11) is 1.26. The maximum atomic E-state index is 13.1. The number of amides is 4. The number of carboxylic acids is 1. The van der Waals surface area contributed by atoms with E-state index in [2.05, 4.69) is 10.6 Å². The molecule has 14 heteroatoms. The smallest absolute Gasteiger partial charge is 0.404 e. The lowest BCUT2D eigenvalue weighted by Gasteiger charge is -2.56. The quantitative estimate of drug-likeness (QED) is 0.258. The van der Waals surface area contributed by atoms with Crippen LogP contribution in [0.15, 0.2) is 28.8 Å². The standard InChI is InChI=1S/C18H20N4O8S2/c1-29-18(21-11(23)5-10-3-2-4-31-10)15(27)22-13(14(26)20-6-12(24)25)9(7-30-17(19)28)8-32-16(18)22/h2-4,16H,5-8H2,1H3,(H2,19,28)(H,20,26)(H,21,23)(H,24,25)/t16-,18+/m1/s1. The molecule has 0 aliphatic carbocycles. The number of fused-ring (bicyclic) bond motifs is 1. The SMILES string of the molecule is CO[C@@]1(NC(=O)Cc2cccs2)C(=O)N2C(C(=O)NCC(=O)O)=C(COC(N)=O)CS[C@@H]21. The average molecular weight is 485 g/mol. The van der Waals surface area contributed by atoms with Crippen LogP contribution in [0.2, 0.25) is 0 Å². The third-order valence-corrected chi connectivity index (χ3v) is 6.93. The van der Waals surface area contributed by atoms with E-state index in [9.17, 15) is 24.0 Å². The summed E-state index contributed by atoms with van der Waals surface area (Å²) in [6, 6.07) is 3.59. The zero-order chi connectivity index (χ0) is 23.5. The van der Waals surface area contributed by atoms with Crippen LogP contribution in [0, 0.1) is 0 Å². The predicted octanol–water partition coefficient (Wildman–Crippen LogP) is -0.785. The van der Waals surface area contributed by atoms with Gasteiger partial charge in [-0.05, 0) is 11.4 Å². The van der Waals surface area contributed by atoms with E-state index in [1.807, 2.05) is 5.38 Å². The Bertz CT molecular complexity index is 980. The van der Waals surface area contributed by atoms with Gasteiger partial charge in [-0.3, -0.25) is 24.1 Å². The minimum absolute atomic E-state index is 0.0486. The van der Waals surface area contributed by atoms with E-state index in [1.165, 1.54) is 30.2 Å². The van der Waals surface area contributed by atoms with Crippen LogP contribution in [0.4, 0.5) is 4.79 Å². The highest BCUT2D eigenvalue weighted by atomic mass is 32.2. The molecule has 0 unspecified atom stereocenters. The minimum atomic E-state index is -1.70. The van der Waals surface area contributed by atoms with Crippen LogP contribution in [0.25, 0.3) is 0 Å². The molecule has 0 radical (unpaired) electrons. The average Bonchev–Trinajstić information content (AvgIpc) is 3.26. The Morgan fingerprint density at radius 3 is 2.72 bits per heavy atom. The van der Waals surface area contributed by atoms with E-state index in [4.69, 9.17) is 20.3 Å². The van der Waals surface area contributed by atoms with Crippen molar-refractivity contribution in [2.75, 3.05) is 26.0 Å². The second kappa shape index (κ2) is 9.58. The highest BCUT2D eigenvalue weighted by Gasteiger charge is 2.66. The lowest BCUT2D eigenvalue weighted by molar-refractivity contribution is -0.191. The number of nitrogens with zero attached hydrogens (tertiary/aromatic N) is 1. The summed E-state index contributed by atoms with van der Waals surface area (Å²) in [5, 5.41) is 14.7. The van der Waals surface area contributed by atoms with Crippen LogP contribution in [-0.2, 0) is 35.1 Å². The zero-order valence-corrected chi connectivity index (χ0v) is 18.4. The van der Waals surface area contributed by atoms with Crippen molar-refractivity contribution in [1.82, 2.24) is 15.5 Å². The van der Waals surface area contributed by atoms with Crippen LogP contribution in [0.5, 0.6) is 0 Å². The van der Waals surface area contributed by atoms with Gasteiger partial charge in [0.2, 0.25) is 5.91 Å². The molecule has 2 atom stereocenters. The maximum absolute atomic E-state index is 13.1. The topological polar surface area (TPSA) is 177 Å². The summed E-state index contributed by atoms with van der Waals surface area (Å²) < 4.78 is 10.2. The molecule has 3 heterocycles. The number of thioether (sulfide) groups is 1. The molecule has 1 fully saturated rings. The molecule has 5 N–H and O–H groups in total. The number of nitrogens with one attached hydrogen (secondary N) is 2. The van der Waals surface area contributed by atoms with Crippen molar-refractivity contribution in [2.24, 2.45) is 5.73 Å². The van der Waals surface area contributed by atoms with Crippen LogP contribution in [0.3, 0.4) is 0 Å².